The van der Waals surface area contributed by atoms with E-state index in [9.17, 15) is 4.79 Å². The third-order valence-electron chi connectivity index (χ3n) is 9.90. The van der Waals surface area contributed by atoms with Crippen molar-refractivity contribution in [1.82, 2.24) is 9.80 Å². The van der Waals surface area contributed by atoms with Crippen LogP contribution in [0.3, 0.4) is 0 Å². The molecule has 0 N–H and O–H groups in total. The summed E-state index contributed by atoms with van der Waals surface area (Å²) in [6.45, 7) is 5.62. The SMILES string of the molecule is O=C(C1CC1)N1CC2CN(c3ccccc3)C3(CCN(C4CCCCCCCC4)CC3)C2C1. The first-order valence-electron chi connectivity index (χ1n) is 14.1. The van der Waals surface area contributed by atoms with Crippen LogP contribution in [0.2, 0.25) is 0 Å². The second-order valence-corrected chi connectivity index (χ2v) is 11.8. The Balaban J connectivity index is 1.20. The van der Waals surface area contributed by atoms with Crippen molar-refractivity contribution in [2.75, 3.05) is 37.6 Å². The van der Waals surface area contributed by atoms with Crippen LogP contribution < -0.4 is 4.90 Å². The first-order chi connectivity index (χ1) is 16.2. The second kappa shape index (κ2) is 9.24. The number of carbonyl (C=O) groups is 1. The van der Waals surface area contributed by atoms with Crippen molar-refractivity contribution in [3.63, 3.8) is 0 Å². The molecular formula is C29H43N3O. The van der Waals surface area contributed by atoms with Gasteiger partial charge in [-0.2, -0.15) is 0 Å². The molecule has 3 saturated heterocycles. The van der Waals surface area contributed by atoms with Gasteiger partial charge in [-0.3, -0.25) is 4.79 Å². The lowest BCUT2D eigenvalue weighted by atomic mass is 9.74. The fraction of sp³-hybridized carbons (Fsp3) is 0.759. The summed E-state index contributed by atoms with van der Waals surface area (Å²) in [5.41, 5.74) is 1.64. The van der Waals surface area contributed by atoms with Gasteiger partial charge in [0.1, 0.15) is 0 Å². The van der Waals surface area contributed by atoms with E-state index in [0.29, 0.717) is 23.7 Å². The molecule has 5 aliphatic rings. The van der Waals surface area contributed by atoms with E-state index in [1.54, 1.807) is 0 Å². The van der Waals surface area contributed by atoms with Crippen molar-refractivity contribution in [2.45, 2.75) is 88.6 Å². The highest BCUT2D eigenvalue weighted by Gasteiger charge is 2.58. The molecule has 1 aromatic rings. The molecular weight excluding hydrogens is 406 g/mol. The lowest BCUT2D eigenvalue weighted by Crippen LogP contribution is -2.58. The minimum Gasteiger partial charge on any atom is -0.365 e. The maximum Gasteiger partial charge on any atom is 0.225 e. The smallest absolute Gasteiger partial charge is 0.225 e. The van der Waals surface area contributed by atoms with Crippen LogP contribution in [0.1, 0.15) is 77.0 Å². The Labute approximate surface area is 200 Å². The normalized spacial score (nSPS) is 31.3. The summed E-state index contributed by atoms with van der Waals surface area (Å²) in [6.07, 6.45) is 16.2. The summed E-state index contributed by atoms with van der Waals surface area (Å²) in [5.74, 6) is 2.11. The summed E-state index contributed by atoms with van der Waals surface area (Å²) in [6, 6.07) is 12.0. The van der Waals surface area contributed by atoms with Crippen molar-refractivity contribution in [1.29, 1.82) is 0 Å². The molecule has 0 aromatic heterocycles. The number of nitrogens with zero attached hydrogens (tertiary/aromatic N) is 3. The van der Waals surface area contributed by atoms with E-state index in [0.717, 1.165) is 38.5 Å². The Bertz CT molecular complexity index is 803. The predicted octanol–water partition coefficient (Wildman–Crippen LogP) is 5.33. The number of hydrogen-bond acceptors (Lipinski definition) is 3. The number of amides is 1. The fourth-order valence-electron chi connectivity index (χ4n) is 7.91. The maximum atomic E-state index is 12.9. The molecule has 1 spiro atoms. The molecule has 3 aliphatic heterocycles. The zero-order chi connectivity index (χ0) is 22.3. The molecule has 5 fully saturated rings. The lowest BCUT2D eigenvalue weighted by Gasteiger charge is -2.50. The highest BCUT2D eigenvalue weighted by molar-refractivity contribution is 5.81. The van der Waals surface area contributed by atoms with Crippen LogP contribution in [0.25, 0.3) is 0 Å². The number of para-hydroxylation sites is 1. The van der Waals surface area contributed by atoms with Gasteiger partial charge in [0.25, 0.3) is 0 Å². The summed E-state index contributed by atoms with van der Waals surface area (Å²) >= 11 is 0. The van der Waals surface area contributed by atoms with Gasteiger partial charge in [0.15, 0.2) is 0 Å². The van der Waals surface area contributed by atoms with Crippen LogP contribution in [0.5, 0.6) is 0 Å². The zero-order valence-corrected chi connectivity index (χ0v) is 20.5. The van der Waals surface area contributed by atoms with Gasteiger partial charge >= 0.3 is 0 Å². The highest BCUT2D eigenvalue weighted by Crippen LogP contribution is 2.51. The molecule has 1 aromatic carbocycles. The minimum absolute atomic E-state index is 0.236. The number of hydrogen-bond donors (Lipinski definition) is 0. The van der Waals surface area contributed by atoms with Crippen molar-refractivity contribution in [3.05, 3.63) is 30.3 Å². The minimum atomic E-state index is 0.236. The molecule has 0 radical (unpaired) electrons. The number of anilines is 1. The average Bonchev–Trinajstić information content (AvgIpc) is 3.51. The molecule has 2 atom stereocenters. The van der Waals surface area contributed by atoms with Gasteiger partial charge < -0.3 is 14.7 Å². The Kier molecular flexibility index (Phi) is 6.15. The van der Waals surface area contributed by atoms with Gasteiger partial charge in [-0.25, -0.2) is 0 Å². The monoisotopic (exact) mass is 449 g/mol. The van der Waals surface area contributed by atoms with Gasteiger partial charge in [-0.1, -0.05) is 56.7 Å². The largest absolute Gasteiger partial charge is 0.365 e. The molecule has 4 heteroatoms. The number of carbonyl (C=O) groups excluding carboxylic acids is 1. The van der Waals surface area contributed by atoms with Crippen molar-refractivity contribution in [2.24, 2.45) is 17.8 Å². The second-order valence-electron chi connectivity index (χ2n) is 11.8. The van der Waals surface area contributed by atoms with Crippen LogP contribution >= 0.6 is 0 Å². The molecule has 2 aliphatic carbocycles. The Morgan fingerprint density at radius 3 is 2.12 bits per heavy atom. The van der Waals surface area contributed by atoms with Gasteiger partial charge in [0.2, 0.25) is 5.91 Å². The maximum absolute atomic E-state index is 12.9. The van der Waals surface area contributed by atoms with E-state index >= 15 is 0 Å². The summed E-state index contributed by atoms with van der Waals surface area (Å²) < 4.78 is 0. The van der Waals surface area contributed by atoms with Crippen molar-refractivity contribution < 1.29 is 4.79 Å². The lowest BCUT2D eigenvalue weighted by molar-refractivity contribution is -0.131. The average molecular weight is 450 g/mol. The number of benzene rings is 1. The van der Waals surface area contributed by atoms with Crippen LogP contribution in [-0.4, -0.2) is 60.0 Å². The number of fused-ring (bicyclic) bond motifs is 2. The number of rotatable bonds is 3. The number of likely N-dealkylation sites (tertiary alicyclic amines) is 2. The van der Waals surface area contributed by atoms with Crippen LogP contribution in [0.15, 0.2) is 30.3 Å². The van der Waals surface area contributed by atoms with Crippen molar-refractivity contribution in [3.8, 4) is 0 Å². The summed E-state index contributed by atoms with van der Waals surface area (Å²) in [7, 11) is 0. The third kappa shape index (κ3) is 4.22. The molecule has 180 valence electrons. The van der Waals surface area contributed by atoms with Gasteiger partial charge in [0, 0.05) is 67.7 Å². The molecule has 0 bridgehead atoms. The Morgan fingerprint density at radius 1 is 0.788 bits per heavy atom. The van der Waals surface area contributed by atoms with E-state index in [4.69, 9.17) is 0 Å². The molecule has 1 amide bonds. The van der Waals surface area contributed by atoms with Gasteiger partial charge in [-0.15, -0.1) is 0 Å². The summed E-state index contributed by atoms with van der Waals surface area (Å²) in [4.78, 5) is 20.8. The number of piperidine rings is 1. The third-order valence-corrected chi connectivity index (χ3v) is 9.90. The molecule has 2 saturated carbocycles. The summed E-state index contributed by atoms with van der Waals surface area (Å²) in [5, 5.41) is 0. The topological polar surface area (TPSA) is 26.8 Å². The molecule has 2 unspecified atom stereocenters. The first kappa shape index (κ1) is 21.9. The Morgan fingerprint density at radius 2 is 1.45 bits per heavy atom. The van der Waals surface area contributed by atoms with Crippen LogP contribution in [0.4, 0.5) is 5.69 Å². The van der Waals surface area contributed by atoms with E-state index in [1.807, 2.05) is 0 Å². The molecule has 4 nitrogen and oxygen atoms in total. The van der Waals surface area contributed by atoms with Crippen LogP contribution in [0, 0.1) is 17.8 Å². The first-order valence-corrected chi connectivity index (χ1v) is 14.1. The van der Waals surface area contributed by atoms with E-state index in [1.165, 1.54) is 83.0 Å². The van der Waals surface area contributed by atoms with Gasteiger partial charge in [-0.05, 0) is 50.7 Å². The van der Waals surface area contributed by atoms with E-state index in [-0.39, 0.29) is 5.54 Å². The van der Waals surface area contributed by atoms with Crippen molar-refractivity contribution >= 4 is 11.6 Å². The Hall–Kier alpha value is -1.55. The standard InChI is InChI=1S/C29H43N3O/c33-28(23-14-15-23)31-20-24-21-32(26-12-8-5-9-13-26)29(27(24)22-31)16-18-30(19-17-29)25-10-6-3-1-2-4-7-11-25/h5,8-9,12-13,23-25,27H,1-4,6-7,10-11,14-22H2. The van der Waals surface area contributed by atoms with E-state index in [2.05, 4.69) is 45.0 Å². The van der Waals surface area contributed by atoms with Gasteiger partial charge in [0.05, 0.1) is 0 Å². The fourth-order valence-corrected chi connectivity index (χ4v) is 7.91. The van der Waals surface area contributed by atoms with Crippen LogP contribution in [-0.2, 0) is 4.79 Å². The zero-order valence-electron chi connectivity index (χ0n) is 20.5. The predicted molar refractivity (Wildman–Crippen MR) is 134 cm³/mol. The quantitative estimate of drug-likeness (QED) is 0.624. The molecule has 6 rings (SSSR count). The molecule has 3 heterocycles. The highest BCUT2D eigenvalue weighted by atomic mass is 16.2. The van der Waals surface area contributed by atoms with E-state index < -0.39 is 0 Å². The molecule has 33 heavy (non-hydrogen) atoms.